The second-order valence-corrected chi connectivity index (χ2v) is 3.69. The third kappa shape index (κ3) is 1.64. The van der Waals surface area contributed by atoms with E-state index >= 15 is 0 Å². The Morgan fingerprint density at radius 2 is 1.67 bits per heavy atom. The average Bonchev–Trinajstić information content (AvgIpc) is 2.06. The van der Waals surface area contributed by atoms with Gasteiger partial charge in [0.2, 0.25) is 0 Å². The van der Waals surface area contributed by atoms with Gasteiger partial charge in [-0.05, 0) is 45.6 Å². The average molecular weight is 164 g/mol. The molecular weight excluding hydrogens is 148 g/mol. The Hall–Kier alpha value is -0.890. The molecule has 0 aliphatic carbocycles. The molecule has 0 aliphatic rings. The lowest BCUT2D eigenvalue weighted by molar-refractivity contribution is 0.197. The number of hydrogen-bond donors (Lipinski definition) is 0. The fraction of sp³-hybridized carbons (Fsp3) is 0.500. The maximum absolute atomic E-state index is 4.00. The van der Waals surface area contributed by atoms with Gasteiger partial charge in [-0.1, -0.05) is 0 Å². The molecule has 0 aromatic carbocycles. The second kappa shape index (κ2) is 3.23. The summed E-state index contributed by atoms with van der Waals surface area (Å²) < 4.78 is 0. The molecule has 0 fully saturated rings. The molecule has 0 saturated carbocycles. The highest BCUT2D eigenvalue weighted by Gasteiger charge is 2.22. The van der Waals surface area contributed by atoms with Crippen LogP contribution in [0, 0.1) is 0 Å². The van der Waals surface area contributed by atoms with Gasteiger partial charge in [0.1, 0.15) is 0 Å². The zero-order valence-corrected chi connectivity index (χ0v) is 8.20. The van der Waals surface area contributed by atoms with E-state index in [2.05, 4.69) is 50.0 Å². The number of aromatic nitrogens is 1. The first-order valence-electron chi connectivity index (χ1n) is 4.13. The predicted molar refractivity (Wildman–Crippen MR) is 51.0 cm³/mol. The van der Waals surface area contributed by atoms with Crippen LogP contribution in [0.5, 0.6) is 0 Å². The maximum Gasteiger partial charge on any atom is 0.0399 e. The van der Waals surface area contributed by atoms with Crippen molar-refractivity contribution in [3.63, 3.8) is 0 Å². The summed E-state index contributed by atoms with van der Waals surface area (Å²) >= 11 is 0. The van der Waals surface area contributed by atoms with Gasteiger partial charge in [-0.2, -0.15) is 0 Å². The maximum atomic E-state index is 4.00. The van der Waals surface area contributed by atoms with Crippen molar-refractivity contribution in [1.82, 2.24) is 9.88 Å². The Balaban J connectivity index is 2.98. The first-order chi connectivity index (χ1) is 5.55. The van der Waals surface area contributed by atoms with Crippen LogP contribution in [0.4, 0.5) is 0 Å². The summed E-state index contributed by atoms with van der Waals surface area (Å²) in [4.78, 5) is 6.20. The monoisotopic (exact) mass is 164 g/mol. The van der Waals surface area contributed by atoms with Crippen molar-refractivity contribution >= 4 is 0 Å². The third-order valence-electron chi connectivity index (χ3n) is 2.50. The molecule has 0 unspecified atom stereocenters. The minimum absolute atomic E-state index is 0.0863. The Labute approximate surface area is 74.2 Å². The molecule has 1 heterocycles. The van der Waals surface area contributed by atoms with Crippen molar-refractivity contribution in [3.05, 3.63) is 30.1 Å². The van der Waals surface area contributed by atoms with Gasteiger partial charge < -0.3 is 4.90 Å². The Kier molecular flexibility index (Phi) is 2.48. The normalized spacial score (nSPS) is 12.1. The molecule has 0 bridgehead atoms. The molecule has 0 spiro atoms. The van der Waals surface area contributed by atoms with Crippen molar-refractivity contribution < 1.29 is 0 Å². The third-order valence-corrected chi connectivity index (χ3v) is 2.50. The summed E-state index contributed by atoms with van der Waals surface area (Å²) in [5.74, 6) is 0. The SMILES string of the molecule is CN(C)C(C)(C)c1ccncc1. The lowest BCUT2D eigenvalue weighted by atomic mass is 9.94. The largest absolute Gasteiger partial charge is 0.300 e. The van der Waals surface area contributed by atoms with Gasteiger partial charge in [-0.3, -0.25) is 4.98 Å². The number of nitrogens with zero attached hydrogens (tertiary/aromatic N) is 2. The van der Waals surface area contributed by atoms with Gasteiger partial charge in [0, 0.05) is 17.9 Å². The summed E-state index contributed by atoms with van der Waals surface area (Å²) in [5.41, 5.74) is 1.38. The van der Waals surface area contributed by atoms with Gasteiger partial charge in [-0.15, -0.1) is 0 Å². The van der Waals surface area contributed by atoms with Crippen LogP contribution in [0.1, 0.15) is 19.4 Å². The molecule has 2 heteroatoms. The van der Waals surface area contributed by atoms with Crippen LogP contribution in [-0.2, 0) is 5.54 Å². The van der Waals surface area contributed by atoms with E-state index in [-0.39, 0.29) is 5.54 Å². The summed E-state index contributed by atoms with van der Waals surface area (Å²) in [5, 5.41) is 0. The van der Waals surface area contributed by atoms with Crippen molar-refractivity contribution in [2.45, 2.75) is 19.4 Å². The van der Waals surface area contributed by atoms with E-state index in [9.17, 15) is 0 Å². The molecule has 0 amide bonds. The molecule has 12 heavy (non-hydrogen) atoms. The lowest BCUT2D eigenvalue weighted by Crippen LogP contribution is -2.35. The molecular formula is C10H16N2. The fourth-order valence-corrected chi connectivity index (χ4v) is 1.02. The highest BCUT2D eigenvalue weighted by molar-refractivity contribution is 5.19. The number of pyridine rings is 1. The van der Waals surface area contributed by atoms with E-state index in [0.29, 0.717) is 0 Å². The van der Waals surface area contributed by atoms with Crippen LogP contribution in [0.3, 0.4) is 0 Å². The van der Waals surface area contributed by atoms with Crippen LogP contribution in [0.2, 0.25) is 0 Å². The first-order valence-corrected chi connectivity index (χ1v) is 4.13. The van der Waals surface area contributed by atoms with Crippen LogP contribution < -0.4 is 0 Å². The quantitative estimate of drug-likeness (QED) is 0.663. The van der Waals surface area contributed by atoms with Gasteiger partial charge >= 0.3 is 0 Å². The molecule has 0 aliphatic heterocycles. The van der Waals surface area contributed by atoms with E-state index in [0.717, 1.165) is 0 Å². The Morgan fingerprint density at radius 3 is 2.08 bits per heavy atom. The Bertz CT molecular complexity index is 239. The summed E-state index contributed by atoms with van der Waals surface area (Å²) in [7, 11) is 4.17. The predicted octanol–water partition coefficient (Wildman–Crippen LogP) is 1.88. The van der Waals surface area contributed by atoms with Crippen molar-refractivity contribution in [2.24, 2.45) is 0 Å². The smallest absolute Gasteiger partial charge is 0.0399 e. The zero-order valence-electron chi connectivity index (χ0n) is 8.20. The first kappa shape index (κ1) is 9.20. The number of hydrogen-bond acceptors (Lipinski definition) is 2. The van der Waals surface area contributed by atoms with Gasteiger partial charge in [0.25, 0.3) is 0 Å². The van der Waals surface area contributed by atoms with Crippen LogP contribution in [0.15, 0.2) is 24.5 Å². The summed E-state index contributed by atoms with van der Waals surface area (Å²) in [6, 6.07) is 4.11. The van der Waals surface area contributed by atoms with Gasteiger partial charge in [-0.25, -0.2) is 0 Å². The van der Waals surface area contributed by atoms with Crippen molar-refractivity contribution in [2.75, 3.05) is 14.1 Å². The molecule has 66 valence electrons. The van der Waals surface area contributed by atoms with E-state index in [1.54, 1.807) is 0 Å². The van der Waals surface area contributed by atoms with Gasteiger partial charge in [0.15, 0.2) is 0 Å². The zero-order chi connectivity index (χ0) is 9.19. The standard InChI is InChI=1S/C10H16N2/c1-10(2,12(3)4)9-5-7-11-8-6-9/h5-8H,1-4H3. The molecule has 0 atom stereocenters. The van der Waals surface area contributed by atoms with E-state index in [1.165, 1.54) is 5.56 Å². The van der Waals surface area contributed by atoms with E-state index < -0.39 is 0 Å². The highest BCUT2D eigenvalue weighted by atomic mass is 15.1. The van der Waals surface area contributed by atoms with Crippen molar-refractivity contribution in [1.29, 1.82) is 0 Å². The molecule has 0 saturated heterocycles. The number of rotatable bonds is 2. The van der Waals surface area contributed by atoms with E-state index in [4.69, 9.17) is 0 Å². The lowest BCUT2D eigenvalue weighted by Gasteiger charge is -2.32. The minimum atomic E-state index is 0.0863. The molecule has 1 aromatic heterocycles. The van der Waals surface area contributed by atoms with Crippen molar-refractivity contribution in [3.8, 4) is 0 Å². The van der Waals surface area contributed by atoms with Crippen LogP contribution in [-0.4, -0.2) is 24.0 Å². The minimum Gasteiger partial charge on any atom is -0.300 e. The van der Waals surface area contributed by atoms with Crippen LogP contribution >= 0.6 is 0 Å². The van der Waals surface area contributed by atoms with E-state index in [1.807, 2.05) is 12.4 Å². The molecule has 1 aromatic rings. The fourth-order valence-electron chi connectivity index (χ4n) is 1.02. The molecule has 1 rings (SSSR count). The Morgan fingerprint density at radius 1 is 1.17 bits per heavy atom. The van der Waals surface area contributed by atoms with Crippen LogP contribution in [0.25, 0.3) is 0 Å². The van der Waals surface area contributed by atoms with Gasteiger partial charge in [0.05, 0.1) is 0 Å². The summed E-state index contributed by atoms with van der Waals surface area (Å²) in [6.07, 6.45) is 3.67. The molecule has 0 N–H and O–H groups in total. The second-order valence-electron chi connectivity index (χ2n) is 3.69. The topological polar surface area (TPSA) is 16.1 Å². The summed E-state index contributed by atoms with van der Waals surface area (Å²) in [6.45, 7) is 4.39. The molecule has 0 radical (unpaired) electrons. The molecule has 2 nitrogen and oxygen atoms in total. The highest BCUT2D eigenvalue weighted by Crippen LogP contribution is 2.23.